The van der Waals surface area contributed by atoms with Gasteiger partial charge < -0.3 is 9.15 Å². The number of methoxy groups -OCH3 is 1. The van der Waals surface area contributed by atoms with Crippen molar-refractivity contribution >= 4 is 40.0 Å². The van der Waals surface area contributed by atoms with E-state index in [1.165, 1.54) is 43.5 Å². The topological polar surface area (TPSA) is 112 Å². The number of amides is 1. The monoisotopic (exact) mass is 450 g/mol. The molecule has 1 N–H and O–H groups in total. The average molecular weight is 451 g/mol. The van der Waals surface area contributed by atoms with Gasteiger partial charge in [0.15, 0.2) is 0 Å². The van der Waals surface area contributed by atoms with Crippen molar-refractivity contribution in [1.82, 2.24) is 0 Å². The third kappa shape index (κ3) is 4.03. The van der Waals surface area contributed by atoms with Crippen molar-refractivity contribution in [1.29, 1.82) is 0 Å². The highest BCUT2D eigenvalue weighted by Crippen LogP contribution is 2.32. The second-order valence-electron chi connectivity index (χ2n) is 6.77. The molecule has 0 saturated carbocycles. The second-order valence-corrected chi connectivity index (χ2v) is 7.20. The Morgan fingerprint density at radius 1 is 1.09 bits per heavy atom. The minimum Gasteiger partial charge on any atom is -0.497 e. The summed E-state index contributed by atoms with van der Waals surface area (Å²) in [6, 6.07) is 16.4. The van der Waals surface area contributed by atoms with Crippen molar-refractivity contribution in [3.05, 3.63) is 97.7 Å². The number of rotatable bonds is 5. The standard InChI is InChI=1S/C23H15ClN2O6/c1-31-17-4-2-3-14(11-17)20-21(27)18-12-15(24)7-10-19(18)32-23(20)25-22(28)13-5-8-16(9-6-13)26(29)30/h2-12H,1H3,(H,25,28). The number of benzene rings is 3. The third-order valence-corrected chi connectivity index (χ3v) is 5.01. The zero-order valence-corrected chi connectivity index (χ0v) is 17.4. The summed E-state index contributed by atoms with van der Waals surface area (Å²) >= 11 is 6.06. The predicted octanol–water partition coefficient (Wildman–Crippen LogP) is 5.28. The molecule has 0 atom stereocenters. The van der Waals surface area contributed by atoms with E-state index in [0.29, 0.717) is 16.3 Å². The lowest BCUT2D eigenvalue weighted by molar-refractivity contribution is -0.384. The van der Waals surface area contributed by atoms with E-state index in [1.807, 2.05) is 0 Å². The van der Waals surface area contributed by atoms with Crippen LogP contribution in [-0.4, -0.2) is 17.9 Å². The molecular formula is C23H15ClN2O6. The maximum Gasteiger partial charge on any atom is 0.269 e. The molecule has 0 bridgehead atoms. The Labute approximate surface area is 186 Å². The van der Waals surface area contributed by atoms with Crippen molar-refractivity contribution in [2.45, 2.75) is 0 Å². The Kier molecular flexibility index (Phi) is 5.61. The van der Waals surface area contributed by atoms with Crippen LogP contribution in [0, 0.1) is 10.1 Å². The van der Waals surface area contributed by atoms with E-state index in [2.05, 4.69) is 5.32 Å². The number of fused-ring (bicyclic) bond motifs is 1. The maximum absolute atomic E-state index is 13.4. The second kappa shape index (κ2) is 8.52. The Bertz CT molecular complexity index is 1410. The first-order valence-corrected chi connectivity index (χ1v) is 9.72. The van der Waals surface area contributed by atoms with Gasteiger partial charge in [-0.15, -0.1) is 0 Å². The lowest BCUT2D eigenvalue weighted by Crippen LogP contribution is -2.16. The molecule has 0 spiro atoms. The molecule has 4 aromatic rings. The summed E-state index contributed by atoms with van der Waals surface area (Å²) < 4.78 is 11.1. The van der Waals surface area contributed by atoms with E-state index in [0.717, 1.165) is 0 Å². The summed E-state index contributed by atoms with van der Waals surface area (Å²) in [7, 11) is 1.50. The number of nitro benzene ring substituents is 1. The minimum atomic E-state index is -0.597. The number of carbonyl (C=O) groups is 1. The van der Waals surface area contributed by atoms with Gasteiger partial charge in [-0.25, -0.2) is 0 Å². The lowest BCUT2D eigenvalue weighted by atomic mass is 10.0. The molecule has 32 heavy (non-hydrogen) atoms. The Hall–Kier alpha value is -4.17. The normalized spacial score (nSPS) is 10.7. The fourth-order valence-corrected chi connectivity index (χ4v) is 3.38. The average Bonchev–Trinajstić information content (AvgIpc) is 2.80. The number of carbonyl (C=O) groups excluding carboxylic acids is 1. The van der Waals surface area contributed by atoms with Gasteiger partial charge in [0.05, 0.1) is 23.0 Å². The maximum atomic E-state index is 13.4. The largest absolute Gasteiger partial charge is 0.497 e. The number of non-ortho nitro benzene ring substituents is 1. The van der Waals surface area contributed by atoms with Crippen molar-refractivity contribution in [3.63, 3.8) is 0 Å². The molecule has 1 amide bonds. The first kappa shape index (κ1) is 21.1. The number of ether oxygens (including phenoxy) is 1. The van der Waals surface area contributed by atoms with Gasteiger partial charge in [-0.1, -0.05) is 23.7 Å². The molecule has 0 aliphatic carbocycles. The SMILES string of the molecule is COc1cccc(-c2c(NC(=O)c3ccc([N+](=O)[O-])cc3)oc3ccc(Cl)cc3c2=O)c1. The van der Waals surface area contributed by atoms with Gasteiger partial charge in [-0.05, 0) is 48.0 Å². The quantitative estimate of drug-likeness (QED) is 0.327. The van der Waals surface area contributed by atoms with Crippen molar-refractivity contribution in [3.8, 4) is 16.9 Å². The highest BCUT2D eigenvalue weighted by Gasteiger charge is 2.20. The van der Waals surface area contributed by atoms with Crippen molar-refractivity contribution in [2.24, 2.45) is 0 Å². The van der Waals surface area contributed by atoms with Crippen LogP contribution in [0.1, 0.15) is 10.4 Å². The van der Waals surface area contributed by atoms with E-state index >= 15 is 0 Å². The van der Waals surface area contributed by atoms with Gasteiger partial charge in [0.25, 0.3) is 11.6 Å². The molecule has 0 unspecified atom stereocenters. The summed E-state index contributed by atoms with van der Waals surface area (Å²) in [6.07, 6.45) is 0. The van der Waals surface area contributed by atoms with Gasteiger partial charge in [-0.2, -0.15) is 0 Å². The van der Waals surface area contributed by atoms with Crippen molar-refractivity contribution < 1.29 is 18.9 Å². The van der Waals surface area contributed by atoms with Crippen LogP contribution in [0.4, 0.5) is 11.6 Å². The van der Waals surface area contributed by atoms with Crippen LogP contribution in [0.25, 0.3) is 22.1 Å². The van der Waals surface area contributed by atoms with Gasteiger partial charge in [0, 0.05) is 22.7 Å². The van der Waals surface area contributed by atoms with E-state index in [-0.39, 0.29) is 39.1 Å². The van der Waals surface area contributed by atoms with E-state index in [1.54, 1.807) is 30.3 Å². The fourth-order valence-electron chi connectivity index (χ4n) is 3.21. The zero-order chi connectivity index (χ0) is 22.8. The predicted molar refractivity (Wildman–Crippen MR) is 121 cm³/mol. The molecular weight excluding hydrogens is 436 g/mol. The molecule has 0 aliphatic heterocycles. The number of anilines is 1. The summed E-state index contributed by atoms with van der Waals surface area (Å²) in [5.74, 6) is -0.150. The summed E-state index contributed by atoms with van der Waals surface area (Å²) in [6.45, 7) is 0. The number of hydrogen-bond acceptors (Lipinski definition) is 6. The van der Waals surface area contributed by atoms with Crippen LogP contribution < -0.4 is 15.5 Å². The minimum absolute atomic E-state index is 0.0681. The van der Waals surface area contributed by atoms with Crippen LogP contribution in [0.3, 0.4) is 0 Å². The van der Waals surface area contributed by atoms with E-state index in [9.17, 15) is 19.7 Å². The van der Waals surface area contributed by atoms with E-state index < -0.39 is 10.8 Å². The van der Waals surface area contributed by atoms with Crippen LogP contribution in [0.5, 0.6) is 5.75 Å². The molecule has 0 radical (unpaired) electrons. The molecule has 1 aromatic heterocycles. The Balaban J connectivity index is 1.85. The smallest absolute Gasteiger partial charge is 0.269 e. The molecule has 0 saturated heterocycles. The van der Waals surface area contributed by atoms with Gasteiger partial charge >= 0.3 is 0 Å². The highest BCUT2D eigenvalue weighted by atomic mass is 35.5. The fraction of sp³-hybridized carbons (Fsp3) is 0.0435. The van der Waals surface area contributed by atoms with Gasteiger partial charge in [0.1, 0.15) is 11.3 Å². The number of nitro groups is 1. The van der Waals surface area contributed by atoms with Gasteiger partial charge in [0.2, 0.25) is 11.3 Å². The van der Waals surface area contributed by atoms with Crippen LogP contribution in [0.2, 0.25) is 5.02 Å². The third-order valence-electron chi connectivity index (χ3n) is 4.78. The first-order chi connectivity index (χ1) is 15.4. The van der Waals surface area contributed by atoms with Crippen molar-refractivity contribution in [2.75, 3.05) is 12.4 Å². The number of nitrogens with zero attached hydrogens (tertiary/aromatic N) is 1. The summed E-state index contributed by atoms with van der Waals surface area (Å²) in [5.41, 5.74) is 0.456. The molecule has 8 nitrogen and oxygen atoms in total. The Morgan fingerprint density at radius 2 is 1.84 bits per heavy atom. The molecule has 4 rings (SSSR count). The molecule has 3 aromatic carbocycles. The van der Waals surface area contributed by atoms with Crippen LogP contribution in [-0.2, 0) is 0 Å². The Morgan fingerprint density at radius 3 is 2.53 bits per heavy atom. The van der Waals surface area contributed by atoms with Crippen LogP contribution in [0.15, 0.2) is 75.9 Å². The molecule has 1 heterocycles. The summed E-state index contributed by atoms with van der Waals surface area (Å²) in [4.78, 5) is 36.5. The summed E-state index contributed by atoms with van der Waals surface area (Å²) in [5, 5.41) is 14.1. The number of nitrogens with one attached hydrogen (secondary N) is 1. The number of halogens is 1. The highest BCUT2D eigenvalue weighted by molar-refractivity contribution is 6.31. The van der Waals surface area contributed by atoms with E-state index in [4.69, 9.17) is 20.8 Å². The zero-order valence-electron chi connectivity index (χ0n) is 16.6. The lowest BCUT2D eigenvalue weighted by Gasteiger charge is -2.12. The van der Waals surface area contributed by atoms with Gasteiger partial charge in [-0.3, -0.25) is 25.0 Å². The molecule has 0 fully saturated rings. The molecule has 0 aliphatic rings. The first-order valence-electron chi connectivity index (χ1n) is 9.34. The van der Waals surface area contributed by atoms with Crippen LogP contribution >= 0.6 is 11.6 Å². The molecule has 160 valence electrons. The number of hydrogen-bond donors (Lipinski definition) is 1. The molecule has 9 heteroatoms.